The minimum absolute atomic E-state index is 0.0908. The number of fused-ring (bicyclic) bond motifs is 1. The first-order valence-electron chi connectivity index (χ1n) is 12.3. The van der Waals surface area contributed by atoms with Crippen LogP contribution in [-0.2, 0) is 0 Å². The molecule has 2 aromatic carbocycles. The van der Waals surface area contributed by atoms with Crippen molar-refractivity contribution in [2.75, 3.05) is 32.7 Å². The Balaban J connectivity index is 1.20. The van der Waals surface area contributed by atoms with Crippen molar-refractivity contribution < 1.29 is 32.2 Å². The number of aromatic nitrogens is 1. The van der Waals surface area contributed by atoms with Crippen LogP contribution in [0.2, 0.25) is 5.02 Å². The summed E-state index contributed by atoms with van der Waals surface area (Å²) in [6.07, 6.45) is -2.45. The summed E-state index contributed by atoms with van der Waals surface area (Å²) < 4.78 is 56.8. The fourth-order valence-corrected chi connectivity index (χ4v) is 4.81. The Morgan fingerprint density at radius 3 is 2.41 bits per heavy atom. The summed E-state index contributed by atoms with van der Waals surface area (Å²) >= 11 is 5.94. The Hall–Kier alpha value is -3.19. The normalized spacial score (nSPS) is 17.8. The summed E-state index contributed by atoms with van der Waals surface area (Å²) in [7, 11) is 0. The van der Waals surface area contributed by atoms with Gasteiger partial charge in [0.25, 0.3) is 5.91 Å². The number of amides is 1. The average Bonchev–Trinajstić information content (AvgIpc) is 3.71. The second kappa shape index (κ2) is 10.8. The molecule has 1 aliphatic heterocycles. The molecule has 208 valence electrons. The second-order valence-electron chi connectivity index (χ2n) is 9.66. The van der Waals surface area contributed by atoms with Gasteiger partial charge in [-0.15, -0.1) is 13.2 Å². The van der Waals surface area contributed by atoms with E-state index >= 15 is 0 Å². The monoisotopic (exact) mass is 568 g/mol. The number of rotatable bonds is 7. The molecular weight excluding hydrogens is 544 g/mol. The first-order chi connectivity index (χ1) is 18.5. The van der Waals surface area contributed by atoms with E-state index < -0.39 is 29.6 Å². The number of benzene rings is 2. The maximum Gasteiger partial charge on any atom is 0.573 e. The number of piperazine rings is 1. The van der Waals surface area contributed by atoms with Gasteiger partial charge >= 0.3 is 6.36 Å². The predicted molar refractivity (Wildman–Crippen MR) is 135 cm³/mol. The highest BCUT2D eigenvalue weighted by molar-refractivity contribution is 6.31. The summed E-state index contributed by atoms with van der Waals surface area (Å²) in [5.74, 6) is -1.70. The molecule has 2 heterocycles. The van der Waals surface area contributed by atoms with E-state index in [1.165, 1.54) is 24.4 Å². The van der Waals surface area contributed by atoms with Gasteiger partial charge in [0.2, 0.25) is 5.43 Å². The van der Waals surface area contributed by atoms with Crippen LogP contribution >= 0.6 is 11.6 Å². The van der Waals surface area contributed by atoms with Crippen molar-refractivity contribution in [3.05, 3.63) is 74.8 Å². The van der Waals surface area contributed by atoms with Crippen molar-refractivity contribution >= 4 is 28.4 Å². The topological polar surface area (TPSA) is 87.0 Å². The van der Waals surface area contributed by atoms with Gasteiger partial charge in [-0.25, -0.2) is 9.40 Å². The van der Waals surface area contributed by atoms with E-state index in [0.717, 1.165) is 31.0 Å². The molecular formula is C26H25ClF4N4O4. The van der Waals surface area contributed by atoms with Gasteiger partial charge in [0, 0.05) is 50.3 Å². The van der Waals surface area contributed by atoms with Crippen molar-refractivity contribution in [1.29, 1.82) is 0 Å². The first-order valence-corrected chi connectivity index (χ1v) is 12.7. The van der Waals surface area contributed by atoms with Gasteiger partial charge in [-0.05, 0) is 42.7 Å². The molecule has 0 bridgehead atoms. The summed E-state index contributed by atoms with van der Waals surface area (Å²) in [5.41, 5.74) is 3.01. The van der Waals surface area contributed by atoms with Crippen molar-refractivity contribution in [2.45, 2.75) is 31.3 Å². The van der Waals surface area contributed by atoms with Crippen LogP contribution in [-0.4, -0.2) is 64.6 Å². The Morgan fingerprint density at radius 1 is 1.13 bits per heavy atom. The van der Waals surface area contributed by atoms with E-state index in [9.17, 15) is 32.3 Å². The van der Waals surface area contributed by atoms with Gasteiger partial charge < -0.3 is 14.4 Å². The largest absolute Gasteiger partial charge is 0.573 e. The zero-order valence-electron chi connectivity index (χ0n) is 20.5. The molecule has 13 heteroatoms. The molecule has 1 aromatic heterocycles. The lowest BCUT2D eigenvalue weighted by molar-refractivity contribution is -0.274. The molecule has 2 fully saturated rings. The molecule has 1 saturated heterocycles. The number of nitrogens with one attached hydrogen (secondary N) is 1. The summed E-state index contributed by atoms with van der Waals surface area (Å²) in [4.78, 5) is 28.1. The third-order valence-corrected chi connectivity index (χ3v) is 7.11. The van der Waals surface area contributed by atoms with E-state index in [0.29, 0.717) is 37.3 Å². The Labute approximate surface area is 225 Å². The van der Waals surface area contributed by atoms with Gasteiger partial charge in [0.05, 0.1) is 16.6 Å². The lowest BCUT2D eigenvalue weighted by Crippen LogP contribution is -2.54. The van der Waals surface area contributed by atoms with E-state index in [1.807, 2.05) is 4.90 Å². The number of β-amino-alcohol motifs (C(OH)–C–C–N with tert-alkyl or cyclic N) is 1. The van der Waals surface area contributed by atoms with E-state index in [-0.39, 0.29) is 34.3 Å². The fourth-order valence-electron chi connectivity index (χ4n) is 4.65. The van der Waals surface area contributed by atoms with Crippen LogP contribution in [0.4, 0.5) is 17.6 Å². The van der Waals surface area contributed by atoms with Crippen LogP contribution in [0.5, 0.6) is 5.75 Å². The third-order valence-electron chi connectivity index (χ3n) is 6.82. The number of aliphatic hydroxyl groups excluding tert-OH is 1. The molecule has 1 unspecified atom stereocenters. The van der Waals surface area contributed by atoms with Crippen LogP contribution < -0.4 is 15.6 Å². The minimum atomic E-state index is -4.79. The van der Waals surface area contributed by atoms with Gasteiger partial charge in [0.15, 0.2) is 0 Å². The number of hydrogen-bond acceptors (Lipinski definition) is 6. The molecule has 39 heavy (non-hydrogen) atoms. The molecule has 2 aliphatic rings. The van der Waals surface area contributed by atoms with Crippen LogP contribution in [0.3, 0.4) is 0 Å². The number of hydrogen-bond donors (Lipinski definition) is 2. The van der Waals surface area contributed by atoms with Crippen LogP contribution in [0, 0.1) is 5.82 Å². The van der Waals surface area contributed by atoms with Gasteiger partial charge in [-0.1, -0.05) is 23.7 Å². The fraction of sp³-hybridized carbons (Fsp3) is 0.385. The van der Waals surface area contributed by atoms with Gasteiger partial charge in [0.1, 0.15) is 17.1 Å². The van der Waals surface area contributed by atoms with Gasteiger partial charge in [-0.2, -0.15) is 0 Å². The van der Waals surface area contributed by atoms with Crippen molar-refractivity contribution in [3.8, 4) is 5.75 Å². The van der Waals surface area contributed by atoms with Crippen LogP contribution in [0.25, 0.3) is 10.9 Å². The zero-order valence-corrected chi connectivity index (χ0v) is 21.3. The number of ether oxygens (including phenoxy) is 1. The van der Waals surface area contributed by atoms with Crippen LogP contribution in [0.15, 0.2) is 47.4 Å². The molecule has 0 radical (unpaired) electrons. The van der Waals surface area contributed by atoms with Crippen molar-refractivity contribution in [2.24, 2.45) is 0 Å². The molecule has 1 amide bonds. The number of hydrazine groups is 1. The number of aliphatic hydroxyl groups is 1. The highest BCUT2D eigenvalue weighted by atomic mass is 35.5. The maximum absolute atomic E-state index is 14.1. The highest BCUT2D eigenvalue weighted by Crippen LogP contribution is 2.37. The SMILES string of the molecule is O=C(NN1CCN(CC(O)c2ccc(OC(F)(F)F)cc2)CC1)c1cn(C2CC2)c2cc(Cl)c(F)cc2c1=O. The molecule has 1 saturated carbocycles. The Kier molecular flexibility index (Phi) is 7.55. The lowest BCUT2D eigenvalue weighted by atomic mass is 10.1. The summed E-state index contributed by atoms with van der Waals surface area (Å²) in [6, 6.07) is 7.63. The van der Waals surface area contributed by atoms with Crippen molar-refractivity contribution in [1.82, 2.24) is 19.9 Å². The first kappa shape index (κ1) is 27.4. The van der Waals surface area contributed by atoms with E-state index in [4.69, 9.17) is 11.6 Å². The molecule has 3 aromatic rings. The predicted octanol–water partition coefficient (Wildman–Crippen LogP) is 4.02. The maximum atomic E-state index is 14.1. The summed E-state index contributed by atoms with van der Waals surface area (Å²) in [5, 5.41) is 12.2. The molecule has 8 nitrogen and oxygen atoms in total. The number of nitrogens with zero attached hydrogens (tertiary/aromatic N) is 3. The Bertz CT molecular complexity index is 1440. The molecule has 5 rings (SSSR count). The number of halogens is 5. The number of alkyl halides is 3. The zero-order chi connectivity index (χ0) is 27.9. The smallest absolute Gasteiger partial charge is 0.406 e. The Morgan fingerprint density at radius 2 is 1.79 bits per heavy atom. The number of carbonyl (C=O) groups excluding carboxylic acids is 1. The van der Waals surface area contributed by atoms with E-state index in [1.54, 1.807) is 9.58 Å². The molecule has 1 aliphatic carbocycles. The van der Waals surface area contributed by atoms with E-state index in [2.05, 4.69) is 10.2 Å². The van der Waals surface area contributed by atoms with Crippen molar-refractivity contribution in [3.63, 3.8) is 0 Å². The van der Waals surface area contributed by atoms with Gasteiger partial charge in [-0.3, -0.25) is 19.9 Å². The average molecular weight is 569 g/mol. The standard InChI is InChI=1S/C26H25ClF4N4O4/c27-20-12-22-18(11-21(20)28)24(37)19(13-35(22)16-3-4-16)25(38)32-34-9-7-33(8-10-34)14-23(36)15-1-5-17(6-2-15)39-26(29,30)31/h1-2,5-6,11-13,16,23,36H,3-4,7-10,14H2,(H,32,38). The lowest BCUT2D eigenvalue weighted by Gasteiger charge is -2.35. The van der Waals surface area contributed by atoms with Crippen LogP contribution in [0.1, 0.15) is 40.9 Å². The highest BCUT2D eigenvalue weighted by Gasteiger charge is 2.31. The summed E-state index contributed by atoms with van der Waals surface area (Å²) in [6.45, 7) is 2.03. The third kappa shape index (κ3) is 6.35. The molecule has 1 atom stereocenters. The second-order valence-corrected chi connectivity index (χ2v) is 10.1. The molecule has 2 N–H and O–H groups in total. The molecule has 0 spiro atoms. The number of pyridine rings is 1. The number of carbonyl (C=O) groups is 1. The minimum Gasteiger partial charge on any atom is -0.406 e. The quantitative estimate of drug-likeness (QED) is 0.419.